The van der Waals surface area contributed by atoms with E-state index in [9.17, 15) is 4.79 Å². The van der Waals surface area contributed by atoms with Gasteiger partial charge in [-0.2, -0.15) is 0 Å². The van der Waals surface area contributed by atoms with Crippen LogP contribution in [0, 0.1) is 6.92 Å². The molecule has 1 heterocycles. The highest BCUT2D eigenvalue weighted by Gasteiger charge is 1.89. The highest BCUT2D eigenvalue weighted by atomic mass is 32.1. The lowest BCUT2D eigenvalue weighted by Crippen LogP contribution is -1.64. The number of aldehydes is 1. The van der Waals surface area contributed by atoms with Crippen LogP contribution in [0.4, 0.5) is 0 Å². The number of carbonyl (C=O) groups excluding carboxylic acids is 1. The minimum atomic E-state index is 0. The molecule has 0 N–H and O–H groups in total. The van der Waals surface area contributed by atoms with Gasteiger partial charge in [-0.05, 0) is 23.9 Å². The summed E-state index contributed by atoms with van der Waals surface area (Å²) >= 11 is 1.48. The van der Waals surface area contributed by atoms with Gasteiger partial charge in [0, 0.05) is 0 Å². The van der Waals surface area contributed by atoms with Gasteiger partial charge in [0.15, 0.2) is 6.29 Å². The van der Waals surface area contributed by atoms with Gasteiger partial charge in [0.2, 0.25) is 0 Å². The summed E-state index contributed by atoms with van der Waals surface area (Å²) in [5.41, 5.74) is 1.16. The maximum absolute atomic E-state index is 10.0. The fraction of sp³-hybridized carbons (Fsp3) is 0.286. The van der Waals surface area contributed by atoms with Crippen LogP contribution in [0.2, 0.25) is 0 Å². The van der Waals surface area contributed by atoms with E-state index in [-0.39, 0.29) is 7.43 Å². The van der Waals surface area contributed by atoms with Crippen molar-refractivity contribution in [3.8, 4) is 0 Å². The first-order valence-corrected chi connectivity index (χ1v) is 3.21. The summed E-state index contributed by atoms with van der Waals surface area (Å²) in [5, 5.41) is 1.96. The topological polar surface area (TPSA) is 17.1 Å². The van der Waals surface area contributed by atoms with Gasteiger partial charge in [-0.25, -0.2) is 0 Å². The lowest BCUT2D eigenvalue weighted by molar-refractivity contribution is 0.112. The standard InChI is InChI=1S/C6H6OS.CH4/c1-5-2-6(3-7)8-4-5;/h2-4H,1H3;1H4. The first kappa shape index (κ1) is 8.37. The van der Waals surface area contributed by atoms with Crippen LogP contribution < -0.4 is 0 Å². The lowest BCUT2D eigenvalue weighted by Gasteiger charge is -1.70. The average Bonchev–Trinajstić information content (AvgIpc) is 2.14. The second-order valence-electron chi connectivity index (χ2n) is 1.64. The van der Waals surface area contributed by atoms with E-state index in [1.54, 1.807) is 0 Å². The van der Waals surface area contributed by atoms with Gasteiger partial charge in [-0.1, -0.05) is 7.43 Å². The van der Waals surface area contributed by atoms with Crippen molar-refractivity contribution < 1.29 is 4.79 Å². The first-order chi connectivity index (χ1) is 3.83. The maximum atomic E-state index is 10.0. The third-order valence-electron chi connectivity index (χ3n) is 0.867. The molecular weight excluding hydrogens is 132 g/mol. The zero-order chi connectivity index (χ0) is 5.98. The zero-order valence-electron chi connectivity index (χ0n) is 4.55. The molecule has 0 fully saturated rings. The molecule has 0 saturated heterocycles. The number of hydrogen-bond acceptors (Lipinski definition) is 2. The van der Waals surface area contributed by atoms with Gasteiger partial charge in [-0.15, -0.1) is 11.3 Å². The van der Waals surface area contributed by atoms with Crippen molar-refractivity contribution in [2.75, 3.05) is 0 Å². The molecule has 9 heavy (non-hydrogen) atoms. The predicted molar refractivity (Wildman–Crippen MR) is 41.2 cm³/mol. The van der Waals surface area contributed by atoms with Crippen LogP contribution in [0.1, 0.15) is 22.7 Å². The van der Waals surface area contributed by atoms with E-state index >= 15 is 0 Å². The Bertz CT molecular complexity index is 191. The lowest BCUT2D eigenvalue weighted by atomic mass is 10.4. The Hall–Kier alpha value is -0.630. The highest BCUT2D eigenvalue weighted by molar-refractivity contribution is 7.11. The molecule has 0 aliphatic carbocycles. The van der Waals surface area contributed by atoms with E-state index < -0.39 is 0 Å². The molecule has 0 saturated carbocycles. The van der Waals surface area contributed by atoms with Gasteiger partial charge < -0.3 is 0 Å². The molecule has 1 aromatic rings. The van der Waals surface area contributed by atoms with Crippen LogP contribution in [0.25, 0.3) is 0 Å². The Balaban J connectivity index is 0.000000640. The first-order valence-electron chi connectivity index (χ1n) is 2.33. The van der Waals surface area contributed by atoms with Gasteiger partial charge in [0.25, 0.3) is 0 Å². The van der Waals surface area contributed by atoms with Crippen molar-refractivity contribution in [3.05, 3.63) is 21.9 Å². The normalized spacial score (nSPS) is 8.11. The van der Waals surface area contributed by atoms with Crippen molar-refractivity contribution in [3.63, 3.8) is 0 Å². The molecule has 0 aliphatic heterocycles. The summed E-state index contributed by atoms with van der Waals surface area (Å²) < 4.78 is 0. The van der Waals surface area contributed by atoms with Crippen LogP contribution in [0.3, 0.4) is 0 Å². The SMILES string of the molecule is C.Cc1csc(C=O)c1. The number of thiophene rings is 1. The van der Waals surface area contributed by atoms with Crippen molar-refractivity contribution in [1.82, 2.24) is 0 Å². The zero-order valence-corrected chi connectivity index (χ0v) is 5.37. The van der Waals surface area contributed by atoms with Crippen molar-refractivity contribution in [1.29, 1.82) is 0 Å². The van der Waals surface area contributed by atoms with Gasteiger partial charge in [0.1, 0.15) is 0 Å². The molecule has 2 heteroatoms. The van der Waals surface area contributed by atoms with E-state index in [0.29, 0.717) is 0 Å². The quantitative estimate of drug-likeness (QED) is 0.550. The number of carbonyl (C=O) groups is 1. The Labute approximate surface area is 59.3 Å². The molecule has 0 aromatic carbocycles. The van der Waals surface area contributed by atoms with Crippen LogP contribution in [0.15, 0.2) is 11.4 Å². The molecule has 0 bridgehead atoms. The minimum absolute atomic E-state index is 0. The number of aryl methyl sites for hydroxylation is 1. The van der Waals surface area contributed by atoms with Crippen LogP contribution in [-0.2, 0) is 0 Å². The fourth-order valence-corrected chi connectivity index (χ4v) is 1.21. The fourth-order valence-electron chi connectivity index (χ4n) is 0.515. The summed E-state index contributed by atoms with van der Waals surface area (Å²) in [7, 11) is 0. The third-order valence-corrected chi connectivity index (χ3v) is 1.84. The van der Waals surface area contributed by atoms with E-state index in [2.05, 4.69) is 0 Å². The summed E-state index contributed by atoms with van der Waals surface area (Å²) in [6.45, 7) is 1.98. The second kappa shape index (κ2) is 3.41. The van der Waals surface area contributed by atoms with Gasteiger partial charge in [0.05, 0.1) is 4.88 Å². The van der Waals surface area contributed by atoms with Crippen molar-refractivity contribution >= 4 is 17.6 Å². The summed E-state index contributed by atoms with van der Waals surface area (Å²) in [6.07, 6.45) is 0.873. The van der Waals surface area contributed by atoms with Crippen molar-refractivity contribution in [2.24, 2.45) is 0 Å². The highest BCUT2D eigenvalue weighted by Crippen LogP contribution is 2.09. The molecule has 0 spiro atoms. The monoisotopic (exact) mass is 142 g/mol. The van der Waals surface area contributed by atoms with Crippen LogP contribution >= 0.6 is 11.3 Å². The van der Waals surface area contributed by atoms with Gasteiger partial charge >= 0.3 is 0 Å². The molecular formula is C7H10OS. The maximum Gasteiger partial charge on any atom is 0.160 e. The Morgan fingerprint density at radius 2 is 2.33 bits per heavy atom. The smallest absolute Gasteiger partial charge is 0.160 e. The minimum Gasteiger partial charge on any atom is -0.297 e. The van der Waals surface area contributed by atoms with E-state index in [1.165, 1.54) is 11.3 Å². The molecule has 0 atom stereocenters. The van der Waals surface area contributed by atoms with E-state index in [0.717, 1.165) is 16.7 Å². The molecule has 0 aliphatic rings. The Kier molecular flexibility index (Phi) is 3.17. The summed E-state index contributed by atoms with van der Waals surface area (Å²) in [5.74, 6) is 0. The second-order valence-corrected chi connectivity index (χ2v) is 2.59. The number of rotatable bonds is 1. The average molecular weight is 142 g/mol. The van der Waals surface area contributed by atoms with Gasteiger partial charge in [-0.3, -0.25) is 4.79 Å². The summed E-state index contributed by atoms with van der Waals surface area (Å²) in [4.78, 5) is 10.8. The number of hydrogen-bond donors (Lipinski definition) is 0. The molecule has 50 valence electrons. The summed E-state index contributed by atoms with van der Waals surface area (Å²) in [6, 6.07) is 1.87. The van der Waals surface area contributed by atoms with Crippen molar-refractivity contribution in [2.45, 2.75) is 14.4 Å². The van der Waals surface area contributed by atoms with Crippen LogP contribution in [0.5, 0.6) is 0 Å². The Morgan fingerprint density at radius 1 is 1.67 bits per heavy atom. The Morgan fingerprint density at radius 3 is 2.56 bits per heavy atom. The molecule has 1 aromatic heterocycles. The molecule has 1 rings (SSSR count). The van der Waals surface area contributed by atoms with Crippen LogP contribution in [-0.4, -0.2) is 6.29 Å². The van der Waals surface area contributed by atoms with E-state index in [4.69, 9.17) is 0 Å². The molecule has 0 amide bonds. The van der Waals surface area contributed by atoms with E-state index in [1.807, 2.05) is 18.4 Å². The molecule has 0 radical (unpaired) electrons. The third kappa shape index (κ3) is 1.98. The predicted octanol–water partition coefficient (Wildman–Crippen LogP) is 2.51. The molecule has 0 unspecified atom stereocenters. The molecule has 1 nitrogen and oxygen atoms in total. The largest absolute Gasteiger partial charge is 0.297 e.